The zero-order valence-electron chi connectivity index (χ0n) is 26.1. The number of guanidine groups is 1. The molecule has 7 atom stereocenters. The highest BCUT2D eigenvalue weighted by Gasteiger charge is 2.50. The van der Waals surface area contributed by atoms with Crippen LogP contribution in [0.2, 0.25) is 0 Å². The van der Waals surface area contributed by atoms with Crippen LogP contribution in [0.3, 0.4) is 0 Å². The number of nitrogens with zero attached hydrogens (tertiary/aromatic N) is 1. The molecule has 0 aliphatic heterocycles. The van der Waals surface area contributed by atoms with Gasteiger partial charge in [-0.15, -0.1) is 0 Å². The van der Waals surface area contributed by atoms with Crippen LogP contribution in [0.15, 0.2) is 40.4 Å². The first-order chi connectivity index (χ1) is 18.9. The topological polar surface area (TPSA) is 117 Å². The van der Waals surface area contributed by atoms with E-state index in [4.69, 9.17) is 21.9 Å². The summed E-state index contributed by atoms with van der Waals surface area (Å²) in [6.07, 6.45) is 17.3. The number of hydrogen-bond acceptors (Lipinski definition) is 4. The first-order valence-corrected chi connectivity index (χ1v) is 16.0. The van der Waals surface area contributed by atoms with Crippen molar-refractivity contribution in [3.05, 3.63) is 35.5 Å². The third-order valence-corrected chi connectivity index (χ3v) is 10.7. The van der Waals surface area contributed by atoms with Crippen LogP contribution in [0.25, 0.3) is 0 Å². The Morgan fingerprint density at radius 1 is 1.10 bits per heavy atom. The van der Waals surface area contributed by atoms with Gasteiger partial charge in [0, 0.05) is 13.0 Å². The summed E-state index contributed by atoms with van der Waals surface area (Å²) in [5.74, 6) is 3.60. The van der Waals surface area contributed by atoms with Crippen molar-refractivity contribution in [2.45, 2.75) is 124 Å². The molecule has 3 aliphatic carbocycles. The van der Waals surface area contributed by atoms with E-state index >= 15 is 0 Å². The van der Waals surface area contributed by atoms with Gasteiger partial charge in [-0.3, -0.25) is 9.79 Å². The molecule has 0 unspecified atom stereocenters. The molecule has 6 N–H and O–H groups in total. The number of carbonyl (C=O) groups excluding carboxylic acids is 1. The van der Waals surface area contributed by atoms with Crippen LogP contribution < -0.4 is 17.2 Å². The third kappa shape index (κ3) is 8.47. The summed E-state index contributed by atoms with van der Waals surface area (Å²) >= 11 is 0. The highest BCUT2D eigenvalue weighted by Crippen LogP contribution is 2.60. The fraction of sp³-hybridized carbons (Fsp3) is 0.765. The van der Waals surface area contributed by atoms with E-state index in [0.29, 0.717) is 37.1 Å². The fourth-order valence-electron chi connectivity index (χ4n) is 7.65. The van der Waals surface area contributed by atoms with Gasteiger partial charge in [0.2, 0.25) is 0 Å². The zero-order chi connectivity index (χ0) is 29.4. The molecule has 0 saturated heterocycles. The smallest absolute Gasteiger partial charge is 0.323 e. The number of aliphatic imine (C=N–C) groups is 1. The van der Waals surface area contributed by atoms with Gasteiger partial charge < -0.3 is 21.9 Å². The van der Waals surface area contributed by atoms with Gasteiger partial charge in [-0.25, -0.2) is 0 Å². The molecule has 3 rings (SSSR count). The zero-order valence-corrected chi connectivity index (χ0v) is 26.1. The summed E-state index contributed by atoms with van der Waals surface area (Å²) in [5, 5.41) is 0. The van der Waals surface area contributed by atoms with E-state index < -0.39 is 6.04 Å². The second kappa shape index (κ2) is 14.7. The molecule has 6 heteroatoms. The van der Waals surface area contributed by atoms with E-state index in [2.05, 4.69) is 58.3 Å². The third-order valence-electron chi connectivity index (χ3n) is 10.7. The van der Waals surface area contributed by atoms with Gasteiger partial charge in [0.1, 0.15) is 12.1 Å². The maximum absolute atomic E-state index is 12.6. The van der Waals surface area contributed by atoms with Crippen molar-refractivity contribution in [3.8, 4) is 0 Å². The van der Waals surface area contributed by atoms with E-state index in [1.165, 1.54) is 56.1 Å². The van der Waals surface area contributed by atoms with Crippen LogP contribution in [0.1, 0.15) is 112 Å². The van der Waals surface area contributed by atoms with E-state index in [1.807, 2.05) is 0 Å². The number of allylic oxidation sites excluding steroid dienone is 4. The molecule has 3 fully saturated rings. The molecule has 0 bridgehead atoms. The number of fused-ring (bicyclic) bond motifs is 1. The standard InChI is InChI=1S/C34H58N4O2/c1-22(2)23(3)11-12-25(5)29-17-18-30-26(9-7-19-34(29,30)6)14-15-27-21-28(16-13-24(27)4)40-32(39)31(35)10-8-20-38-33(36)37/h14-15,22-23,25,28-31H,4,7-13,16-21,35H2,1-3,5-6H3,(H4,36,37,38)/b26-14+,27-15-/t23-,25+,28-,29+,30-,31+,34+/m0/s1. The highest BCUT2D eigenvalue weighted by molar-refractivity contribution is 5.76. The fourth-order valence-corrected chi connectivity index (χ4v) is 7.65. The maximum Gasteiger partial charge on any atom is 0.323 e. The van der Waals surface area contributed by atoms with Crippen molar-refractivity contribution in [3.63, 3.8) is 0 Å². The van der Waals surface area contributed by atoms with E-state index in [-0.39, 0.29) is 18.0 Å². The Labute approximate surface area is 244 Å². The lowest BCUT2D eigenvalue weighted by Crippen LogP contribution is -2.36. The van der Waals surface area contributed by atoms with E-state index in [1.54, 1.807) is 5.57 Å². The maximum atomic E-state index is 12.6. The molecule has 0 aromatic carbocycles. The number of carbonyl (C=O) groups is 1. The predicted octanol–water partition coefficient (Wildman–Crippen LogP) is 6.80. The summed E-state index contributed by atoms with van der Waals surface area (Å²) in [6.45, 7) is 17.0. The summed E-state index contributed by atoms with van der Waals surface area (Å²) in [5.41, 5.74) is 21.2. The minimum absolute atomic E-state index is 0.0554. The molecule has 0 aromatic heterocycles. The van der Waals surface area contributed by atoms with Crippen LogP contribution in [-0.2, 0) is 9.53 Å². The quantitative estimate of drug-likeness (QED) is 0.106. The first-order valence-electron chi connectivity index (χ1n) is 16.0. The number of esters is 1. The van der Waals surface area contributed by atoms with Crippen LogP contribution in [0, 0.1) is 35.0 Å². The van der Waals surface area contributed by atoms with Crippen molar-refractivity contribution in [2.24, 2.45) is 57.2 Å². The lowest BCUT2D eigenvalue weighted by Gasteiger charge is -2.44. The number of ether oxygens (including phenoxy) is 1. The van der Waals surface area contributed by atoms with Gasteiger partial charge >= 0.3 is 5.97 Å². The molecular formula is C34H58N4O2. The van der Waals surface area contributed by atoms with E-state index in [9.17, 15) is 4.79 Å². The summed E-state index contributed by atoms with van der Waals surface area (Å²) in [7, 11) is 0. The molecule has 0 radical (unpaired) electrons. The highest BCUT2D eigenvalue weighted by atomic mass is 16.5. The molecule has 0 aromatic rings. The summed E-state index contributed by atoms with van der Waals surface area (Å²) in [4.78, 5) is 16.6. The lowest BCUT2D eigenvalue weighted by atomic mass is 9.60. The lowest BCUT2D eigenvalue weighted by molar-refractivity contribution is -0.151. The minimum Gasteiger partial charge on any atom is -0.461 e. The average molecular weight is 555 g/mol. The van der Waals surface area contributed by atoms with E-state index in [0.717, 1.165) is 36.5 Å². The second-order valence-electron chi connectivity index (χ2n) is 13.8. The van der Waals surface area contributed by atoms with Gasteiger partial charge in [-0.2, -0.15) is 0 Å². The predicted molar refractivity (Wildman–Crippen MR) is 167 cm³/mol. The van der Waals surface area contributed by atoms with Crippen molar-refractivity contribution in [1.82, 2.24) is 0 Å². The Morgan fingerprint density at radius 3 is 2.55 bits per heavy atom. The molecule has 40 heavy (non-hydrogen) atoms. The Kier molecular flexibility index (Phi) is 11.9. The van der Waals surface area contributed by atoms with Crippen LogP contribution in [0.4, 0.5) is 0 Å². The molecule has 0 amide bonds. The molecule has 0 heterocycles. The van der Waals surface area contributed by atoms with Crippen molar-refractivity contribution >= 4 is 11.9 Å². The monoisotopic (exact) mass is 554 g/mol. The van der Waals surface area contributed by atoms with Crippen LogP contribution in [-0.4, -0.2) is 30.6 Å². The van der Waals surface area contributed by atoms with Gasteiger partial charge in [-0.05, 0) is 98.4 Å². The second-order valence-corrected chi connectivity index (χ2v) is 13.8. The van der Waals surface area contributed by atoms with Gasteiger partial charge in [0.15, 0.2) is 5.96 Å². The Hall–Kier alpha value is -2.08. The number of nitrogens with two attached hydrogens (primary N) is 3. The number of rotatable bonds is 12. The van der Waals surface area contributed by atoms with Crippen molar-refractivity contribution in [1.29, 1.82) is 0 Å². The SMILES string of the molecule is C=C1CC[C@H](OC(=O)[C@H](N)CCCN=C(N)N)C/C1=C/C=C1\CCC[C@]2(C)[C@@H]([C@H](C)CC[C@H](C)C(C)C)CC[C@@H]12. The van der Waals surface area contributed by atoms with Gasteiger partial charge in [0.05, 0.1) is 0 Å². The molecular weight excluding hydrogens is 496 g/mol. The molecule has 3 saturated carbocycles. The Balaban J connectivity index is 1.60. The molecule has 3 aliphatic rings. The van der Waals surface area contributed by atoms with Gasteiger partial charge in [0.25, 0.3) is 0 Å². The Bertz CT molecular complexity index is 963. The largest absolute Gasteiger partial charge is 0.461 e. The van der Waals surface area contributed by atoms with Crippen LogP contribution >= 0.6 is 0 Å². The average Bonchev–Trinajstić information content (AvgIpc) is 3.26. The minimum atomic E-state index is -0.653. The van der Waals surface area contributed by atoms with Crippen molar-refractivity contribution < 1.29 is 9.53 Å². The normalized spacial score (nSPS) is 31.2. The number of hydrogen-bond donors (Lipinski definition) is 3. The van der Waals surface area contributed by atoms with Gasteiger partial charge in [-0.1, -0.05) is 77.3 Å². The molecule has 226 valence electrons. The first kappa shape index (κ1) is 32.4. The summed E-state index contributed by atoms with van der Waals surface area (Å²) < 4.78 is 5.83. The van der Waals surface area contributed by atoms with Crippen molar-refractivity contribution in [2.75, 3.05) is 6.54 Å². The summed E-state index contributed by atoms with van der Waals surface area (Å²) in [6, 6.07) is -0.653. The molecule has 6 nitrogen and oxygen atoms in total. The Morgan fingerprint density at radius 2 is 1.85 bits per heavy atom. The van der Waals surface area contributed by atoms with Crippen LogP contribution in [0.5, 0.6) is 0 Å². The molecule has 0 spiro atoms.